The maximum absolute atomic E-state index is 13.0. The number of carbonyl (C=O) groups is 4. The minimum Gasteiger partial charge on any atom is -0.480 e. The van der Waals surface area contributed by atoms with Crippen LogP contribution in [-0.4, -0.2) is 51.2 Å². The second-order valence-corrected chi connectivity index (χ2v) is 9.21. The summed E-state index contributed by atoms with van der Waals surface area (Å²) in [6.07, 6.45) is 1.86. The first-order chi connectivity index (χ1) is 14.8. The van der Waals surface area contributed by atoms with E-state index in [4.69, 9.17) is 0 Å². The molecular formula is C23H25NO5S2. The first-order valence-corrected chi connectivity index (χ1v) is 12.0. The monoisotopic (exact) mass is 459 g/mol. The second-order valence-electron chi connectivity index (χ2n) is 6.85. The highest BCUT2D eigenvalue weighted by Crippen LogP contribution is 2.24. The number of carboxylic acid groups (broad SMARTS) is 1. The van der Waals surface area contributed by atoms with Crippen molar-refractivity contribution in [3.63, 3.8) is 0 Å². The van der Waals surface area contributed by atoms with Crippen LogP contribution in [0.4, 0.5) is 0 Å². The number of rotatable bonds is 11. The molecule has 0 bridgehead atoms. The van der Waals surface area contributed by atoms with Crippen LogP contribution in [0.25, 0.3) is 11.1 Å². The van der Waals surface area contributed by atoms with Crippen LogP contribution in [0, 0.1) is 0 Å². The van der Waals surface area contributed by atoms with E-state index >= 15 is 0 Å². The van der Waals surface area contributed by atoms with E-state index in [0.29, 0.717) is 11.3 Å². The number of aliphatic carboxylic acids is 1. The van der Waals surface area contributed by atoms with Gasteiger partial charge in [-0.15, -0.1) is 0 Å². The fraction of sp³-hybridized carbons (Fsp3) is 0.304. The number of ketones is 1. The van der Waals surface area contributed by atoms with Gasteiger partial charge in [0.2, 0.25) is 5.91 Å². The summed E-state index contributed by atoms with van der Waals surface area (Å²) in [5.74, 6) is -1.45. The van der Waals surface area contributed by atoms with Crippen LogP contribution >= 0.6 is 23.5 Å². The molecule has 2 atom stereocenters. The summed E-state index contributed by atoms with van der Waals surface area (Å²) in [6.45, 7) is 1.33. The Bertz CT molecular complexity index is 915. The molecule has 0 radical (unpaired) electrons. The molecule has 0 fully saturated rings. The van der Waals surface area contributed by atoms with Crippen molar-refractivity contribution in [3.05, 3.63) is 60.2 Å². The Morgan fingerprint density at radius 2 is 1.58 bits per heavy atom. The normalized spacial score (nSPS) is 12.6. The maximum Gasteiger partial charge on any atom is 0.326 e. The Morgan fingerprint density at radius 1 is 0.968 bits per heavy atom. The molecule has 8 heteroatoms. The zero-order valence-corrected chi connectivity index (χ0v) is 19.0. The molecule has 31 heavy (non-hydrogen) atoms. The zero-order chi connectivity index (χ0) is 22.8. The van der Waals surface area contributed by atoms with Crippen molar-refractivity contribution < 1.29 is 24.3 Å². The standard InChI is InChI=1S/C23H25NO5S2/c1-15(25)31-20(14-21(26)24-19(23(28)29)12-13-30-2)22(27)18-10-8-17(9-11-18)16-6-4-3-5-7-16/h3-11,19-20H,12-14H2,1-2H3,(H,24,26)(H,28,29)/t19-,20?/m0/s1. The summed E-state index contributed by atoms with van der Waals surface area (Å²) in [4.78, 5) is 48.4. The fourth-order valence-electron chi connectivity index (χ4n) is 2.95. The Balaban J connectivity index is 2.12. The number of carbonyl (C=O) groups excluding carboxylic acids is 3. The Kier molecular flexibility index (Phi) is 9.81. The lowest BCUT2D eigenvalue weighted by molar-refractivity contribution is -0.141. The van der Waals surface area contributed by atoms with Crippen LogP contribution in [0.2, 0.25) is 0 Å². The quantitative estimate of drug-likeness (QED) is 0.492. The fourth-order valence-corrected chi connectivity index (χ4v) is 4.30. The number of Topliss-reactive ketones (excluding diaryl/α,β-unsaturated/α-hetero) is 1. The summed E-state index contributed by atoms with van der Waals surface area (Å²) >= 11 is 2.26. The first-order valence-electron chi connectivity index (χ1n) is 9.69. The molecule has 0 saturated heterocycles. The molecule has 2 N–H and O–H groups in total. The van der Waals surface area contributed by atoms with E-state index in [-0.39, 0.29) is 23.7 Å². The van der Waals surface area contributed by atoms with E-state index in [0.717, 1.165) is 22.9 Å². The van der Waals surface area contributed by atoms with Crippen LogP contribution in [0.5, 0.6) is 0 Å². The van der Waals surface area contributed by atoms with Gasteiger partial charge in [0.25, 0.3) is 0 Å². The minimum absolute atomic E-state index is 0.271. The van der Waals surface area contributed by atoms with Crippen molar-refractivity contribution in [3.8, 4) is 11.1 Å². The average Bonchev–Trinajstić information content (AvgIpc) is 2.76. The zero-order valence-electron chi connectivity index (χ0n) is 17.4. The van der Waals surface area contributed by atoms with Gasteiger partial charge < -0.3 is 10.4 Å². The molecule has 6 nitrogen and oxygen atoms in total. The van der Waals surface area contributed by atoms with Crippen molar-refractivity contribution in [2.75, 3.05) is 12.0 Å². The van der Waals surface area contributed by atoms with Crippen LogP contribution in [-0.2, 0) is 14.4 Å². The highest BCUT2D eigenvalue weighted by Gasteiger charge is 2.28. The third-order valence-corrected chi connectivity index (χ3v) is 6.13. The molecule has 2 aromatic carbocycles. The lowest BCUT2D eigenvalue weighted by Crippen LogP contribution is -2.42. The molecule has 0 aliphatic heterocycles. The lowest BCUT2D eigenvalue weighted by Gasteiger charge is -2.17. The molecule has 1 unspecified atom stereocenters. The molecule has 0 spiro atoms. The van der Waals surface area contributed by atoms with E-state index in [2.05, 4.69) is 5.32 Å². The van der Waals surface area contributed by atoms with Gasteiger partial charge in [-0.05, 0) is 29.6 Å². The minimum atomic E-state index is -1.12. The number of hydrogen-bond donors (Lipinski definition) is 2. The van der Waals surface area contributed by atoms with Crippen LogP contribution in [0.15, 0.2) is 54.6 Å². The second kappa shape index (κ2) is 12.3. The number of carboxylic acids is 1. The Labute approximate surface area is 190 Å². The van der Waals surface area contributed by atoms with Gasteiger partial charge in [0, 0.05) is 18.9 Å². The number of nitrogens with one attached hydrogen (secondary N) is 1. The van der Waals surface area contributed by atoms with E-state index in [9.17, 15) is 24.3 Å². The number of hydrogen-bond acceptors (Lipinski definition) is 6. The van der Waals surface area contributed by atoms with Crippen LogP contribution in [0.3, 0.4) is 0 Å². The molecule has 0 aromatic heterocycles. The Hall–Kier alpha value is -2.58. The molecular weight excluding hydrogens is 434 g/mol. The van der Waals surface area contributed by atoms with Gasteiger partial charge in [0.05, 0.1) is 5.25 Å². The van der Waals surface area contributed by atoms with Gasteiger partial charge in [0.15, 0.2) is 10.9 Å². The van der Waals surface area contributed by atoms with E-state index < -0.39 is 23.2 Å². The third kappa shape index (κ3) is 7.88. The van der Waals surface area contributed by atoms with Gasteiger partial charge in [0.1, 0.15) is 6.04 Å². The highest BCUT2D eigenvalue weighted by molar-refractivity contribution is 8.14. The summed E-state index contributed by atoms with van der Waals surface area (Å²) in [5.41, 5.74) is 2.35. The van der Waals surface area contributed by atoms with Crippen molar-refractivity contribution in [1.29, 1.82) is 0 Å². The molecule has 0 saturated carbocycles. The molecule has 2 rings (SSSR count). The summed E-state index contributed by atoms with van der Waals surface area (Å²) in [5, 5.41) is 10.5. The van der Waals surface area contributed by atoms with E-state index in [1.807, 2.05) is 48.7 Å². The average molecular weight is 460 g/mol. The van der Waals surface area contributed by atoms with Crippen molar-refractivity contribution in [2.45, 2.75) is 31.1 Å². The molecule has 164 valence electrons. The molecule has 0 heterocycles. The van der Waals surface area contributed by atoms with Gasteiger partial charge in [-0.25, -0.2) is 4.79 Å². The molecule has 0 aliphatic carbocycles. The highest BCUT2D eigenvalue weighted by atomic mass is 32.2. The van der Waals surface area contributed by atoms with Crippen LogP contribution in [0.1, 0.15) is 30.1 Å². The predicted octanol–water partition coefficient (Wildman–Crippen LogP) is 3.90. The topological polar surface area (TPSA) is 101 Å². The number of benzene rings is 2. The Morgan fingerprint density at radius 3 is 2.13 bits per heavy atom. The maximum atomic E-state index is 13.0. The summed E-state index contributed by atoms with van der Waals surface area (Å²) in [6, 6.07) is 15.7. The lowest BCUT2D eigenvalue weighted by atomic mass is 10.0. The molecule has 2 aromatic rings. The number of thioether (sulfide) groups is 2. The van der Waals surface area contributed by atoms with Crippen molar-refractivity contribution in [1.82, 2.24) is 5.32 Å². The summed E-state index contributed by atoms with van der Waals surface area (Å²) < 4.78 is 0. The van der Waals surface area contributed by atoms with E-state index in [1.165, 1.54) is 18.7 Å². The molecule has 0 aliphatic rings. The largest absolute Gasteiger partial charge is 0.480 e. The number of amides is 1. The SMILES string of the molecule is CSCC[C@H](NC(=O)CC(SC(C)=O)C(=O)c1ccc(-c2ccccc2)cc1)C(=O)O. The predicted molar refractivity (Wildman–Crippen MR) is 125 cm³/mol. The van der Waals surface area contributed by atoms with Crippen molar-refractivity contribution >= 4 is 46.3 Å². The van der Waals surface area contributed by atoms with Gasteiger partial charge in [-0.3, -0.25) is 14.4 Å². The molecule has 1 amide bonds. The first kappa shape index (κ1) is 24.7. The van der Waals surface area contributed by atoms with Gasteiger partial charge in [-0.1, -0.05) is 66.4 Å². The van der Waals surface area contributed by atoms with Crippen LogP contribution < -0.4 is 5.32 Å². The smallest absolute Gasteiger partial charge is 0.326 e. The third-order valence-electron chi connectivity index (χ3n) is 4.49. The summed E-state index contributed by atoms with van der Waals surface area (Å²) in [7, 11) is 0. The van der Waals surface area contributed by atoms with Gasteiger partial charge in [-0.2, -0.15) is 11.8 Å². The van der Waals surface area contributed by atoms with Crippen molar-refractivity contribution in [2.24, 2.45) is 0 Å². The van der Waals surface area contributed by atoms with E-state index in [1.54, 1.807) is 12.1 Å². The van der Waals surface area contributed by atoms with Gasteiger partial charge >= 0.3 is 5.97 Å².